The second kappa shape index (κ2) is 9.40. The van der Waals surface area contributed by atoms with Crippen molar-refractivity contribution in [3.8, 4) is 11.3 Å². The first-order valence-corrected chi connectivity index (χ1v) is 13.7. The fraction of sp³-hybridized carbons (Fsp3) is 0.346. The predicted molar refractivity (Wildman–Crippen MR) is 150 cm³/mol. The first kappa shape index (κ1) is 24.9. The second-order valence-electron chi connectivity index (χ2n) is 10.1. The maximum atomic E-state index is 6.95. The van der Waals surface area contributed by atoms with Gasteiger partial charge in [0.25, 0.3) is 0 Å². The van der Waals surface area contributed by atoms with Gasteiger partial charge in [-0.25, -0.2) is 19.6 Å². The number of aromatic nitrogens is 6. The summed E-state index contributed by atoms with van der Waals surface area (Å²) in [4.78, 5) is 16.2. The first-order valence-electron chi connectivity index (χ1n) is 12.5. The molecule has 1 aliphatic heterocycles. The topological polar surface area (TPSA) is 151 Å². The standard InChI is InChI=1S/C26H29ClN10S/c1-14-21(36(2)35-34-14)15-3-4-16-12-26(22(28)17(16)11-15)6-9-37(10-7-26)19-13-32-25(24(30)33-19)38-18-5-8-31-23(29)20(18)27/h3-5,8,11,13,22H,6-7,9-10,12,28H2,1-2H3,(H2,29,31)(H2,30,33). The van der Waals surface area contributed by atoms with E-state index >= 15 is 0 Å². The number of anilines is 3. The average Bonchev–Trinajstić information content (AvgIpc) is 3.38. The maximum absolute atomic E-state index is 6.95. The van der Waals surface area contributed by atoms with Gasteiger partial charge in [0, 0.05) is 42.8 Å². The van der Waals surface area contributed by atoms with Crippen molar-refractivity contribution < 1.29 is 0 Å². The van der Waals surface area contributed by atoms with Crippen molar-refractivity contribution >= 4 is 40.8 Å². The SMILES string of the molecule is Cc1nnn(C)c1-c1ccc2c(c1)C(N)C1(CCN(c3cnc(Sc4ccnc(N)c4Cl)c(N)n3)CC1)C2. The van der Waals surface area contributed by atoms with Crippen LogP contribution in [0.15, 0.2) is 46.6 Å². The summed E-state index contributed by atoms with van der Waals surface area (Å²) >= 11 is 7.60. The molecule has 1 aliphatic carbocycles. The van der Waals surface area contributed by atoms with Crippen molar-refractivity contribution in [2.24, 2.45) is 18.2 Å². The molecule has 1 atom stereocenters. The highest BCUT2D eigenvalue weighted by Crippen LogP contribution is 2.51. The van der Waals surface area contributed by atoms with E-state index in [0.29, 0.717) is 15.9 Å². The van der Waals surface area contributed by atoms with Crippen LogP contribution in [0.4, 0.5) is 17.5 Å². The lowest BCUT2D eigenvalue weighted by molar-refractivity contribution is 0.187. The number of benzene rings is 1. The summed E-state index contributed by atoms with van der Waals surface area (Å²) in [6, 6.07) is 8.38. The maximum Gasteiger partial charge on any atom is 0.158 e. The first-order chi connectivity index (χ1) is 18.3. The molecule has 6 rings (SSSR count). The van der Waals surface area contributed by atoms with Crippen LogP contribution in [0.3, 0.4) is 0 Å². The van der Waals surface area contributed by atoms with Crippen molar-refractivity contribution in [1.82, 2.24) is 29.9 Å². The highest BCUT2D eigenvalue weighted by molar-refractivity contribution is 7.99. The Kier molecular flexibility index (Phi) is 6.16. The third-order valence-corrected chi connectivity index (χ3v) is 9.45. The molecule has 0 saturated carbocycles. The molecule has 4 aromatic rings. The Hall–Kier alpha value is -3.41. The van der Waals surface area contributed by atoms with Crippen LogP contribution < -0.4 is 22.1 Å². The summed E-state index contributed by atoms with van der Waals surface area (Å²) in [5, 5.41) is 9.33. The number of nitrogens with two attached hydrogens (primary N) is 3. The number of nitrogens with zero attached hydrogens (tertiary/aromatic N) is 7. The number of hydrogen-bond donors (Lipinski definition) is 3. The molecule has 0 radical (unpaired) electrons. The van der Waals surface area contributed by atoms with E-state index < -0.39 is 0 Å². The fourth-order valence-electron chi connectivity index (χ4n) is 5.77. The molecule has 1 aromatic carbocycles. The van der Waals surface area contributed by atoms with E-state index in [2.05, 4.69) is 48.4 Å². The van der Waals surface area contributed by atoms with Crippen LogP contribution in [0, 0.1) is 12.3 Å². The van der Waals surface area contributed by atoms with Crippen LogP contribution in [-0.2, 0) is 13.5 Å². The fourth-order valence-corrected chi connectivity index (χ4v) is 6.79. The monoisotopic (exact) mass is 548 g/mol. The van der Waals surface area contributed by atoms with Crippen molar-refractivity contribution in [2.45, 2.75) is 42.1 Å². The van der Waals surface area contributed by atoms with Gasteiger partial charge in [0.1, 0.15) is 16.7 Å². The summed E-state index contributed by atoms with van der Waals surface area (Å²) in [6.07, 6.45) is 6.30. The number of aryl methyl sites for hydroxylation is 2. The summed E-state index contributed by atoms with van der Waals surface area (Å²) in [6.45, 7) is 3.66. The molecular weight excluding hydrogens is 520 g/mol. The largest absolute Gasteiger partial charge is 0.382 e. The smallest absolute Gasteiger partial charge is 0.158 e. The van der Waals surface area contributed by atoms with Gasteiger partial charge in [-0.05, 0) is 54.9 Å². The molecule has 1 unspecified atom stereocenters. The lowest BCUT2D eigenvalue weighted by Gasteiger charge is -2.42. The van der Waals surface area contributed by atoms with Crippen molar-refractivity contribution in [3.63, 3.8) is 0 Å². The van der Waals surface area contributed by atoms with Crippen LogP contribution >= 0.6 is 23.4 Å². The summed E-state index contributed by atoms with van der Waals surface area (Å²) < 4.78 is 1.82. The Morgan fingerprint density at radius 2 is 1.89 bits per heavy atom. The summed E-state index contributed by atoms with van der Waals surface area (Å²) in [5.41, 5.74) is 24.7. The Balaban J connectivity index is 1.17. The van der Waals surface area contributed by atoms with Crippen molar-refractivity contribution in [3.05, 3.63) is 58.5 Å². The van der Waals surface area contributed by atoms with E-state index in [1.807, 2.05) is 18.7 Å². The number of rotatable bonds is 4. The van der Waals surface area contributed by atoms with E-state index in [1.165, 1.54) is 22.9 Å². The van der Waals surface area contributed by atoms with Gasteiger partial charge in [0.15, 0.2) is 5.82 Å². The van der Waals surface area contributed by atoms with Gasteiger partial charge in [-0.1, -0.05) is 40.7 Å². The van der Waals surface area contributed by atoms with Gasteiger partial charge in [0.05, 0.1) is 22.6 Å². The number of pyridine rings is 1. The van der Waals surface area contributed by atoms with Gasteiger partial charge in [-0.3, -0.25) is 0 Å². The molecule has 196 valence electrons. The number of nitrogen functional groups attached to an aromatic ring is 2. The summed E-state index contributed by atoms with van der Waals surface area (Å²) in [7, 11) is 1.92. The quantitative estimate of drug-likeness (QED) is 0.343. The van der Waals surface area contributed by atoms with Gasteiger partial charge in [-0.2, -0.15) is 0 Å². The zero-order valence-electron chi connectivity index (χ0n) is 21.2. The molecular formula is C26H29ClN10S. The molecule has 0 amide bonds. The molecule has 0 bridgehead atoms. The van der Waals surface area contributed by atoms with Crippen molar-refractivity contribution in [2.75, 3.05) is 29.5 Å². The lowest BCUT2D eigenvalue weighted by atomic mass is 9.73. The normalized spacial score (nSPS) is 18.2. The van der Waals surface area contributed by atoms with E-state index in [9.17, 15) is 0 Å². The highest BCUT2D eigenvalue weighted by atomic mass is 35.5. The molecule has 6 N–H and O–H groups in total. The molecule has 10 nitrogen and oxygen atoms in total. The Morgan fingerprint density at radius 3 is 2.61 bits per heavy atom. The van der Waals surface area contributed by atoms with Gasteiger partial charge in [-0.15, -0.1) is 5.10 Å². The average molecular weight is 549 g/mol. The minimum Gasteiger partial charge on any atom is -0.382 e. The Labute approximate surface area is 230 Å². The van der Waals surface area contributed by atoms with Crippen LogP contribution in [0.5, 0.6) is 0 Å². The molecule has 1 spiro atoms. The molecule has 4 heterocycles. The van der Waals surface area contributed by atoms with Gasteiger partial charge < -0.3 is 22.1 Å². The number of halogens is 1. The molecule has 2 aliphatic rings. The third kappa shape index (κ3) is 4.14. The molecule has 1 saturated heterocycles. The molecule has 1 fully saturated rings. The van der Waals surface area contributed by atoms with Crippen LogP contribution in [0.2, 0.25) is 5.02 Å². The minimum atomic E-state index is -0.0198. The number of hydrogen-bond acceptors (Lipinski definition) is 10. The third-order valence-electron chi connectivity index (χ3n) is 7.87. The molecule has 38 heavy (non-hydrogen) atoms. The van der Waals surface area contributed by atoms with Crippen LogP contribution in [-0.4, -0.2) is 43.0 Å². The Bertz CT molecular complexity index is 1510. The van der Waals surface area contributed by atoms with E-state index in [0.717, 1.165) is 60.0 Å². The number of piperidine rings is 1. The Morgan fingerprint density at radius 1 is 1.11 bits per heavy atom. The second-order valence-corrected chi connectivity index (χ2v) is 11.5. The summed E-state index contributed by atoms with van der Waals surface area (Å²) in [5.74, 6) is 1.40. The zero-order chi connectivity index (χ0) is 26.6. The van der Waals surface area contributed by atoms with Crippen LogP contribution in [0.1, 0.15) is 35.7 Å². The van der Waals surface area contributed by atoms with Gasteiger partial charge >= 0.3 is 0 Å². The zero-order valence-corrected chi connectivity index (χ0v) is 22.8. The molecule has 3 aromatic heterocycles. The predicted octanol–water partition coefficient (Wildman–Crippen LogP) is 3.79. The van der Waals surface area contributed by atoms with E-state index in [4.69, 9.17) is 28.8 Å². The molecule has 12 heteroatoms. The van der Waals surface area contributed by atoms with Gasteiger partial charge in [0.2, 0.25) is 0 Å². The number of fused-ring (bicyclic) bond motifs is 1. The van der Waals surface area contributed by atoms with E-state index in [-0.39, 0.29) is 17.3 Å². The minimum absolute atomic E-state index is 0.0198. The lowest BCUT2D eigenvalue weighted by Crippen LogP contribution is -2.44. The van der Waals surface area contributed by atoms with Crippen molar-refractivity contribution in [1.29, 1.82) is 0 Å². The highest BCUT2D eigenvalue weighted by Gasteiger charge is 2.46. The van der Waals surface area contributed by atoms with Crippen LogP contribution in [0.25, 0.3) is 11.3 Å². The van der Waals surface area contributed by atoms with E-state index in [1.54, 1.807) is 18.5 Å².